The third-order valence-electron chi connectivity index (χ3n) is 3.70. The molecular weight excluding hydrogens is 300 g/mol. The number of carbonyl (C=O) groups is 1. The SMILES string of the molecule is CCC(CCO)NC(=O)c1ccc(-c2ccc(F)cc2)cc1F. The molecule has 2 aromatic carbocycles. The standard InChI is InChI=1S/C18H19F2NO2/c1-2-15(9-10-22)21-18(23)16-8-5-13(11-17(16)20)12-3-6-14(19)7-4-12/h3-8,11,15,22H,2,9-10H2,1H3,(H,21,23). The zero-order valence-corrected chi connectivity index (χ0v) is 12.9. The first-order chi connectivity index (χ1) is 11.0. The van der Waals surface area contributed by atoms with Crippen LogP contribution in [0, 0.1) is 11.6 Å². The van der Waals surface area contributed by atoms with Gasteiger partial charge in [0.1, 0.15) is 11.6 Å². The van der Waals surface area contributed by atoms with Crippen LogP contribution in [0.15, 0.2) is 42.5 Å². The van der Waals surface area contributed by atoms with Crippen LogP contribution >= 0.6 is 0 Å². The van der Waals surface area contributed by atoms with Crippen LogP contribution in [0.25, 0.3) is 11.1 Å². The highest BCUT2D eigenvalue weighted by Crippen LogP contribution is 2.22. The lowest BCUT2D eigenvalue weighted by Gasteiger charge is -2.16. The topological polar surface area (TPSA) is 49.3 Å². The number of carbonyl (C=O) groups excluding carboxylic acids is 1. The van der Waals surface area contributed by atoms with E-state index in [9.17, 15) is 13.6 Å². The number of amides is 1. The van der Waals surface area contributed by atoms with Crippen LogP contribution in [0.4, 0.5) is 8.78 Å². The molecule has 2 rings (SSSR count). The Morgan fingerprint density at radius 1 is 1.13 bits per heavy atom. The Balaban J connectivity index is 2.18. The largest absolute Gasteiger partial charge is 0.396 e. The monoisotopic (exact) mass is 319 g/mol. The van der Waals surface area contributed by atoms with Gasteiger partial charge in [-0.15, -0.1) is 0 Å². The van der Waals surface area contributed by atoms with Gasteiger partial charge in [-0.05, 0) is 48.2 Å². The number of aliphatic hydroxyl groups is 1. The van der Waals surface area contributed by atoms with Crippen LogP contribution in [0.5, 0.6) is 0 Å². The molecule has 1 unspecified atom stereocenters. The molecule has 122 valence electrons. The Morgan fingerprint density at radius 3 is 2.35 bits per heavy atom. The molecule has 5 heteroatoms. The molecular formula is C18H19F2NO2. The number of hydrogen-bond donors (Lipinski definition) is 2. The lowest BCUT2D eigenvalue weighted by molar-refractivity contribution is 0.0925. The Hall–Kier alpha value is -2.27. The molecule has 0 saturated carbocycles. The summed E-state index contributed by atoms with van der Waals surface area (Å²) in [6, 6.07) is 9.81. The van der Waals surface area contributed by atoms with Gasteiger partial charge in [-0.25, -0.2) is 8.78 Å². The normalized spacial score (nSPS) is 12.0. The number of aliphatic hydroxyl groups excluding tert-OH is 1. The molecule has 0 radical (unpaired) electrons. The molecule has 0 aromatic heterocycles. The first-order valence-electron chi connectivity index (χ1n) is 7.52. The third-order valence-corrected chi connectivity index (χ3v) is 3.70. The molecule has 3 nitrogen and oxygen atoms in total. The lowest BCUT2D eigenvalue weighted by atomic mass is 10.0. The molecule has 0 aliphatic carbocycles. The fourth-order valence-corrected chi connectivity index (χ4v) is 2.32. The molecule has 0 spiro atoms. The fraction of sp³-hybridized carbons (Fsp3) is 0.278. The van der Waals surface area contributed by atoms with Crippen molar-refractivity contribution >= 4 is 5.91 Å². The highest BCUT2D eigenvalue weighted by atomic mass is 19.1. The van der Waals surface area contributed by atoms with E-state index in [1.165, 1.54) is 24.3 Å². The van der Waals surface area contributed by atoms with Crippen molar-refractivity contribution in [2.45, 2.75) is 25.8 Å². The average Bonchev–Trinajstić information content (AvgIpc) is 2.54. The maximum absolute atomic E-state index is 14.2. The Kier molecular flexibility index (Phi) is 5.82. The fourth-order valence-electron chi connectivity index (χ4n) is 2.32. The van der Waals surface area contributed by atoms with E-state index in [2.05, 4.69) is 5.32 Å². The Labute approximate surface area is 134 Å². The van der Waals surface area contributed by atoms with E-state index < -0.39 is 11.7 Å². The van der Waals surface area contributed by atoms with Gasteiger partial charge in [0.15, 0.2) is 0 Å². The lowest BCUT2D eigenvalue weighted by Crippen LogP contribution is -2.35. The summed E-state index contributed by atoms with van der Waals surface area (Å²) in [5, 5.41) is 11.6. The zero-order chi connectivity index (χ0) is 16.8. The number of nitrogens with one attached hydrogen (secondary N) is 1. The van der Waals surface area contributed by atoms with Gasteiger partial charge >= 0.3 is 0 Å². The second-order valence-corrected chi connectivity index (χ2v) is 5.29. The molecule has 0 aliphatic rings. The molecule has 0 bridgehead atoms. The van der Waals surface area contributed by atoms with Crippen molar-refractivity contribution in [1.29, 1.82) is 0 Å². The number of hydrogen-bond acceptors (Lipinski definition) is 2. The third kappa shape index (κ3) is 4.36. The smallest absolute Gasteiger partial charge is 0.254 e. The summed E-state index contributed by atoms with van der Waals surface area (Å²) in [6.07, 6.45) is 1.08. The van der Waals surface area contributed by atoms with Crippen molar-refractivity contribution in [2.75, 3.05) is 6.61 Å². The summed E-state index contributed by atoms with van der Waals surface area (Å²) < 4.78 is 27.1. The first kappa shape index (κ1) is 17.1. The van der Waals surface area contributed by atoms with Crippen molar-refractivity contribution in [3.05, 3.63) is 59.7 Å². The van der Waals surface area contributed by atoms with Crippen molar-refractivity contribution in [2.24, 2.45) is 0 Å². The van der Waals surface area contributed by atoms with Crippen molar-refractivity contribution in [3.8, 4) is 11.1 Å². The maximum atomic E-state index is 14.2. The first-order valence-corrected chi connectivity index (χ1v) is 7.52. The van der Waals surface area contributed by atoms with Crippen LogP contribution in [0.3, 0.4) is 0 Å². The van der Waals surface area contributed by atoms with Gasteiger partial charge in [-0.1, -0.05) is 25.1 Å². The Morgan fingerprint density at radius 2 is 1.78 bits per heavy atom. The molecule has 0 fully saturated rings. The summed E-state index contributed by atoms with van der Waals surface area (Å²) in [5.41, 5.74) is 1.19. The van der Waals surface area contributed by atoms with Crippen LogP contribution in [0.2, 0.25) is 0 Å². The predicted molar refractivity (Wildman–Crippen MR) is 85.0 cm³/mol. The van der Waals surface area contributed by atoms with Crippen LogP contribution in [0.1, 0.15) is 30.1 Å². The highest BCUT2D eigenvalue weighted by molar-refractivity contribution is 5.95. The quantitative estimate of drug-likeness (QED) is 0.856. The van der Waals surface area contributed by atoms with Crippen LogP contribution in [-0.2, 0) is 0 Å². The highest BCUT2D eigenvalue weighted by Gasteiger charge is 2.16. The Bertz CT molecular complexity index is 671. The van der Waals surface area contributed by atoms with Crippen molar-refractivity contribution < 1.29 is 18.7 Å². The van der Waals surface area contributed by atoms with Crippen molar-refractivity contribution in [1.82, 2.24) is 5.32 Å². The van der Waals surface area contributed by atoms with E-state index in [0.717, 1.165) is 0 Å². The summed E-state index contributed by atoms with van der Waals surface area (Å²) in [7, 11) is 0. The van der Waals surface area contributed by atoms with Crippen molar-refractivity contribution in [3.63, 3.8) is 0 Å². The van der Waals surface area contributed by atoms with Gasteiger partial charge in [0.25, 0.3) is 5.91 Å². The van der Waals surface area contributed by atoms with Gasteiger partial charge in [0, 0.05) is 12.6 Å². The molecule has 23 heavy (non-hydrogen) atoms. The van der Waals surface area contributed by atoms with Gasteiger partial charge in [-0.3, -0.25) is 4.79 Å². The predicted octanol–water partition coefficient (Wildman–Crippen LogP) is 3.52. The molecule has 2 N–H and O–H groups in total. The molecule has 1 amide bonds. The molecule has 0 aliphatic heterocycles. The van der Waals surface area contributed by atoms with Gasteiger partial charge in [-0.2, -0.15) is 0 Å². The second-order valence-electron chi connectivity index (χ2n) is 5.29. The van der Waals surface area contributed by atoms with E-state index in [1.54, 1.807) is 18.2 Å². The molecule has 2 aromatic rings. The number of rotatable bonds is 6. The van der Waals surface area contributed by atoms with Crippen LogP contribution < -0.4 is 5.32 Å². The summed E-state index contributed by atoms with van der Waals surface area (Å²) >= 11 is 0. The van der Waals surface area contributed by atoms with E-state index in [-0.39, 0.29) is 24.0 Å². The van der Waals surface area contributed by atoms with Crippen LogP contribution in [-0.4, -0.2) is 23.7 Å². The van der Waals surface area contributed by atoms with Gasteiger partial charge in [0.05, 0.1) is 5.56 Å². The molecule has 0 heterocycles. The summed E-state index contributed by atoms with van der Waals surface area (Å²) in [5.74, 6) is -1.50. The zero-order valence-electron chi connectivity index (χ0n) is 12.9. The van der Waals surface area contributed by atoms with E-state index in [4.69, 9.17) is 5.11 Å². The van der Waals surface area contributed by atoms with E-state index in [1.807, 2.05) is 6.92 Å². The summed E-state index contributed by atoms with van der Waals surface area (Å²) in [4.78, 5) is 12.1. The van der Waals surface area contributed by atoms with Gasteiger partial charge in [0.2, 0.25) is 0 Å². The molecule has 1 atom stereocenters. The average molecular weight is 319 g/mol. The van der Waals surface area contributed by atoms with E-state index >= 15 is 0 Å². The van der Waals surface area contributed by atoms with E-state index in [0.29, 0.717) is 24.0 Å². The number of benzene rings is 2. The van der Waals surface area contributed by atoms with Gasteiger partial charge < -0.3 is 10.4 Å². The molecule has 0 saturated heterocycles. The summed E-state index contributed by atoms with van der Waals surface area (Å²) in [6.45, 7) is 1.85. The second kappa shape index (κ2) is 7.83. The maximum Gasteiger partial charge on any atom is 0.254 e. The number of halogens is 2. The minimum Gasteiger partial charge on any atom is -0.396 e. The minimum atomic E-state index is -0.636. The minimum absolute atomic E-state index is 0.0369.